The molecule has 0 saturated carbocycles. The number of rotatable bonds is 7. The number of nitrogens with zero attached hydrogens (tertiary/aromatic N) is 3. The normalized spacial score (nSPS) is 19.5. The molecule has 32 heavy (non-hydrogen) atoms. The lowest BCUT2D eigenvalue weighted by molar-refractivity contribution is -0.141. The molecule has 2 heterocycles. The van der Waals surface area contributed by atoms with E-state index in [1.807, 2.05) is 18.5 Å². The lowest BCUT2D eigenvalue weighted by atomic mass is 9.86. The second-order valence-electron chi connectivity index (χ2n) is 8.67. The van der Waals surface area contributed by atoms with E-state index < -0.39 is 5.97 Å². The Kier molecular flexibility index (Phi) is 7.02. The molecule has 6 nitrogen and oxygen atoms in total. The molecule has 4 rings (SSSR count). The molecule has 7 heteroatoms. The first-order valence-electron chi connectivity index (χ1n) is 11.4. The van der Waals surface area contributed by atoms with Gasteiger partial charge in [0.1, 0.15) is 11.6 Å². The van der Waals surface area contributed by atoms with Crippen molar-refractivity contribution in [2.45, 2.75) is 45.4 Å². The second-order valence-corrected chi connectivity index (χ2v) is 8.67. The van der Waals surface area contributed by atoms with Crippen molar-refractivity contribution in [3.63, 3.8) is 0 Å². The highest BCUT2D eigenvalue weighted by Crippen LogP contribution is 2.33. The minimum absolute atomic E-state index is 0.315. The Morgan fingerprint density at radius 3 is 2.56 bits per heavy atom. The summed E-state index contributed by atoms with van der Waals surface area (Å²) in [6.07, 6.45) is 10.1. The van der Waals surface area contributed by atoms with Gasteiger partial charge in [-0.3, -0.25) is 4.79 Å². The van der Waals surface area contributed by atoms with E-state index in [-0.39, 0.29) is 11.7 Å². The Labute approximate surface area is 188 Å². The molecule has 1 aliphatic heterocycles. The largest absolute Gasteiger partial charge is 0.493 e. The van der Waals surface area contributed by atoms with Crippen LogP contribution in [-0.2, 0) is 11.2 Å². The number of aliphatic carboxylic acids is 1. The monoisotopic (exact) mass is 439 g/mol. The van der Waals surface area contributed by atoms with Crippen LogP contribution in [0.4, 0.5) is 10.3 Å². The first kappa shape index (κ1) is 22.2. The van der Waals surface area contributed by atoms with Crippen LogP contribution in [0.25, 0.3) is 5.57 Å². The van der Waals surface area contributed by atoms with Crippen molar-refractivity contribution in [3.8, 4) is 5.75 Å². The number of piperidine rings is 1. The number of hydrogen-bond acceptors (Lipinski definition) is 5. The number of aryl methyl sites for hydroxylation is 1. The fraction of sp³-hybridized carbons (Fsp3) is 0.480. The van der Waals surface area contributed by atoms with Crippen LogP contribution in [0.2, 0.25) is 0 Å². The molecule has 1 aromatic carbocycles. The Bertz CT molecular complexity index is 969. The lowest BCUT2D eigenvalue weighted by Crippen LogP contribution is -2.36. The fourth-order valence-electron chi connectivity index (χ4n) is 4.36. The van der Waals surface area contributed by atoms with Crippen LogP contribution in [0.1, 0.15) is 50.2 Å². The van der Waals surface area contributed by atoms with Crippen molar-refractivity contribution in [1.29, 1.82) is 0 Å². The van der Waals surface area contributed by atoms with Crippen molar-refractivity contribution in [2.75, 3.05) is 24.6 Å². The molecule has 170 valence electrons. The molecule has 1 N–H and O–H groups in total. The van der Waals surface area contributed by atoms with Gasteiger partial charge in [-0.1, -0.05) is 13.0 Å². The summed E-state index contributed by atoms with van der Waals surface area (Å²) in [4.78, 5) is 22.2. The number of carboxylic acid groups (broad SMARTS) is 1. The summed E-state index contributed by atoms with van der Waals surface area (Å²) in [6, 6.07) is 5.00. The van der Waals surface area contributed by atoms with Gasteiger partial charge in [0.05, 0.1) is 12.5 Å². The van der Waals surface area contributed by atoms with Crippen LogP contribution in [0.3, 0.4) is 0 Å². The minimum Gasteiger partial charge on any atom is -0.493 e. The van der Waals surface area contributed by atoms with E-state index in [0.29, 0.717) is 43.1 Å². The quantitative estimate of drug-likeness (QED) is 0.672. The number of ether oxygens (including phenoxy) is 1. The highest BCUT2D eigenvalue weighted by Gasteiger charge is 2.23. The summed E-state index contributed by atoms with van der Waals surface area (Å²) in [6.45, 7) is 4.43. The predicted molar refractivity (Wildman–Crippen MR) is 121 cm³/mol. The average Bonchev–Trinajstić information content (AvgIpc) is 2.83. The zero-order valence-electron chi connectivity index (χ0n) is 18.5. The van der Waals surface area contributed by atoms with E-state index in [1.165, 1.54) is 6.07 Å². The van der Waals surface area contributed by atoms with Gasteiger partial charge in [0, 0.05) is 37.1 Å². The molecule has 0 spiro atoms. The number of allylic oxidation sites excluding steroid dienone is 2. The first-order chi connectivity index (χ1) is 15.5. The van der Waals surface area contributed by atoms with Crippen LogP contribution in [0.5, 0.6) is 5.75 Å². The van der Waals surface area contributed by atoms with Crippen LogP contribution < -0.4 is 9.64 Å². The van der Waals surface area contributed by atoms with Crippen LogP contribution in [-0.4, -0.2) is 40.7 Å². The topological polar surface area (TPSA) is 75.6 Å². The third-order valence-corrected chi connectivity index (χ3v) is 6.53. The summed E-state index contributed by atoms with van der Waals surface area (Å²) < 4.78 is 20.6. The summed E-state index contributed by atoms with van der Waals surface area (Å²) in [5, 5.41) is 9.12. The smallest absolute Gasteiger partial charge is 0.306 e. The van der Waals surface area contributed by atoms with E-state index in [0.717, 1.165) is 49.4 Å². The molecule has 0 radical (unpaired) electrons. The maximum atomic E-state index is 14.7. The number of aromatic nitrogens is 2. The van der Waals surface area contributed by atoms with Gasteiger partial charge >= 0.3 is 5.97 Å². The Hall–Kier alpha value is -2.96. The Balaban J connectivity index is 1.27. The number of carboxylic acids is 1. The van der Waals surface area contributed by atoms with Crippen molar-refractivity contribution in [1.82, 2.24) is 9.97 Å². The summed E-state index contributed by atoms with van der Waals surface area (Å²) in [5.41, 5.74) is 2.57. The van der Waals surface area contributed by atoms with Crippen LogP contribution in [0, 0.1) is 17.7 Å². The van der Waals surface area contributed by atoms with Gasteiger partial charge in [-0.15, -0.1) is 0 Å². The minimum atomic E-state index is -0.780. The summed E-state index contributed by atoms with van der Waals surface area (Å²) in [7, 11) is 0. The molecule has 0 bridgehead atoms. The Morgan fingerprint density at radius 2 is 1.97 bits per heavy atom. The van der Waals surface area contributed by atoms with E-state index >= 15 is 0 Å². The third kappa shape index (κ3) is 5.26. The van der Waals surface area contributed by atoms with E-state index in [4.69, 9.17) is 9.84 Å². The molecule has 1 unspecified atom stereocenters. The summed E-state index contributed by atoms with van der Waals surface area (Å²) in [5.74, 6) is 0.274. The van der Waals surface area contributed by atoms with Gasteiger partial charge < -0.3 is 14.7 Å². The number of benzene rings is 1. The number of anilines is 1. The average molecular weight is 440 g/mol. The van der Waals surface area contributed by atoms with Gasteiger partial charge in [-0.2, -0.15) is 0 Å². The predicted octanol–water partition coefficient (Wildman–Crippen LogP) is 4.74. The van der Waals surface area contributed by atoms with Gasteiger partial charge in [0.2, 0.25) is 5.95 Å². The van der Waals surface area contributed by atoms with Gasteiger partial charge in [0.15, 0.2) is 0 Å². The molecule has 1 saturated heterocycles. The van der Waals surface area contributed by atoms with Crippen LogP contribution >= 0.6 is 0 Å². The number of halogens is 1. The number of carbonyl (C=O) groups is 1. The third-order valence-electron chi connectivity index (χ3n) is 6.53. The highest BCUT2D eigenvalue weighted by molar-refractivity contribution is 5.74. The zero-order chi connectivity index (χ0) is 22.5. The molecule has 2 aromatic rings. The van der Waals surface area contributed by atoms with Crippen molar-refractivity contribution >= 4 is 17.5 Å². The fourth-order valence-corrected chi connectivity index (χ4v) is 4.36. The molecule has 1 aliphatic carbocycles. The van der Waals surface area contributed by atoms with Gasteiger partial charge in [0.25, 0.3) is 0 Å². The van der Waals surface area contributed by atoms with Gasteiger partial charge in [-0.05, 0) is 67.7 Å². The zero-order valence-corrected chi connectivity index (χ0v) is 18.5. The molecular weight excluding hydrogens is 409 g/mol. The van der Waals surface area contributed by atoms with E-state index in [2.05, 4.69) is 21.8 Å². The van der Waals surface area contributed by atoms with Gasteiger partial charge in [-0.25, -0.2) is 14.4 Å². The van der Waals surface area contributed by atoms with Crippen LogP contribution in [0.15, 0.2) is 36.7 Å². The Morgan fingerprint density at radius 1 is 1.22 bits per heavy atom. The molecule has 0 amide bonds. The SMILES string of the molecule is CCc1cnc(N2CCC(COc3ccc(C4=CCC(C(=O)O)CC4)c(F)c3)CC2)nc1. The number of hydrogen-bond donors (Lipinski definition) is 1. The van der Waals surface area contributed by atoms with Crippen molar-refractivity contribution in [2.24, 2.45) is 11.8 Å². The first-order valence-corrected chi connectivity index (χ1v) is 11.4. The highest BCUT2D eigenvalue weighted by atomic mass is 19.1. The van der Waals surface area contributed by atoms with E-state index in [1.54, 1.807) is 12.1 Å². The van der Waals surface area contributed by atoms with Crippen molar-refractivity contribution < 1.29 is 19.0 Å². The molecule has 2 aliphatic rings. The standard InChI is InChI=1S/C25H30FN3O3/c1-2-17-14-27-25(28-15-17)29-11-9-18(10-12-29)16-32-21-7-8-22(23(26)13-21)19-3-5-20(6-4-19)24(30)31/h3,7-8,13-15,18,20H,2,4-6,9-12,16H2,1H3,(H,30,31). The maximum Gasteiger partial charge on any atom is 0.306 e. The van der Waals surface area contributed by atoms with E-state index in [9.17, 15) is 9.18 Å². The lowest BCUT2D eigenvalue weighted by Gasteiger charge is -2.31. The second kappa shape index (κ2) is 10.1. The molecule has 1 aromatic heterocycles. The maximum absolute atomic E-state index is 14.7. The summed E-state index contributed by atoms with van der Waals surface area (Å²) >= 11 is 0. The molecule has 1 atom stereocenters. The molecule has 1 fully saturated rings. The molecular formula is C25H30FN3O3. The van der Waals surface area contributed by atoms with Crippen molar-refractivity contribution in [3.05, 3.63) is 53.6 Å².